The van der Waals surface area contributed by atoms with Gasteiger partial charge in [-0.2, -0.15) is 0 Å². The summed E-state index contributed by atoms with van der Waals surface area (Å²) in [5, 5.41) is 85.3. The third-order valence-corrected chi connectivity index (χ3v) is 9.11. The molecule has 2 aliphatic rings. The van der Waals surface area contributed by atoms with E-state index in [0.29, 0.717) is 6.42 Å². The Bertz CT molecular complexity index is 914. The number of ether oxygens (including phenoxy) is 4. The molecular formula is C33H61NO14. The van der Waals surface area contributed by atoms with Crippen LogP contribution in [-0.2, 0) is 28.5 Å². The highest BCUT2D eigenvalue weighted by molar-refractivity contribution is 5.76. The molecule has 0 unspecified atom stereocenters. The number of unbranched alkanes of at least 4 members (excludes halogenated alkanes) is 13. The van der Waals surface area contributed by atoms with Crippen molar-refractivity contribution >= 4 is 11.9 Å². The SMILES string of the molecule is CCCCCCCCCCCCCCCCO[C@@H]1O[C@H](CO)[C@H](O)[C@H](O[C@]2(C(=O)O)C[C@H](O)[C@@H](NC(C)=O)[C@H]([C@H](O)[C@H](O)CO)O2)[C@H]1O. The molecule has 9 N–H and O–H groups in total. The topological polar surface area (TPSA) is 245 Å². The van der Waals surface area contributed by atoms with Crippen molar-refractivity contribution in [2.45, 2.75) is 177 Å². The molecule has 2 heterocycles. The van der Waals surface area contributed by atoms with Crippen LogP contribution in [0.4, 0.5) is 0 Å². The molecule has 282 valence electrons. The lowest BCUT2D eigenvalue weighted by atomic mass is 9.88. The molecule has 2 saturated heterocycles. The van der Waals surface area contributed by atoms with Gasteiger partial charge in [-0.3, -0.25) is 4.79 Å². The Balaban J connectivity index is 1.94. The van der Waals surface area contributed by atoms with Gasteiger partial charge in [-0.1, -0.05) is 90.4 Å². The summed E-state index contributed by atoms with van der Waals surface area (Å²) in [6, 6.07) is -1.43. The van der Waals surface area contributed by atoms with Gasteiger partial charge in [0.2, 0.25) is 5.91 Å². The summed E-state index contributed by atoms with van der Waals surface area (Å²) in [4.78, 5) is 24.4. The number of rotatable bonds is 24. The molecule has 0 spiro atoms. The van der Waals surface area contributed by atoms with Gasteiger partial charge in [0.15, 0.2) is 6.29 Å². The number of aliphatic carboxylic acids is 1. The lowest BCUT2D eigenvalue weighted by Crippen LogP contribution is -2.70. The molecule has 2 aliphatic heterocycles. The van der Waals surface area contributed by atoms with Crippen LogP contribution in [0.2, 0.25) is 0 Å². The molecule has 0 aromatic carbocycles. The number of nitrogens with one attached hydrogen (secondary N) is 1. The van der Waals surface area contributed by atoms with Crippen LogP contribution in [0.1, 0.15) is 110 Å². The minimum Gasteiger partial charge on any atom is -0.477 e. The highest BCUT2D eigenvalue weighted by Gasteiger charge is 2.59. The fraction of sp³-hybridized carbons (Fsp3) is 0.939. The number of aliphatic hydroxyl groups is 7. The van der Waals surface area contributed by atoms with Crippen LogP contribution in [0.5, 0.6) is 0 Å². The van der Waals surface area contributed by atoms with Gasteiger partial charge in [-0.15, -0.1) is 0 Å². The van der Waals surface area contributed by atoms with Crippen molar-refractivity contribution in [3.05, 3.63) is 0 Å². The van der Waals surface area contributed by atoms with E-state index >= 15 is 0 Å². The van der Waals surface area contributed by atoms with E-state index in [2.05, 4.69) is 12.2 Å². The Kier molecular flexibility index (Phi) is 19.9. The first-order chi connectivity index (χ1) is 22.9. The molecule has 1 amide bonds. The van der Waals surface area contributed by atoms with Crippen molar-refractivity contribution < 1.29 is 69.4 Å². The first-order valence-corrected chi connectivity index (χ1v) is 17.7. The molecule has 0 aromatic heterocycles. The van der Waals surface area contributed by atoms with Gasteiger partial charge in [-0.25, -0.2) is 4.79 Å². The fourth-order valence-electron chi connectivity index (χ4n) is 6.29. The Morgan fingerprint density at radius 1 is 0.875 bits per heavy atom. The van der Waals surface area contributed by atoms with Crippen molar-refractivity contribution in [1.82, 2.24) is 5.32 Å². The largest absolute Gasteiger partial charge is 0.477 e. The van der Waals surface area contributed by atoms with Gasteiger partial charge in [0, 0.05) is 20.0 Å². The highest BCUT2D eigenvalue weighted by atomic mass is 16.8. The first kappa shape index (κ1) is 42.7. The summed E-state index contributed by atoms with van der Waals surface area (Å²) in [7, 11) is 0. The summed E-state index contributed by atoms with van der Waals surface area (Å²) in [5.74, 6) is -5.30. The summed E-state index contributed by atoms with van der Waals surface area (Å²) in [5.41, 5.74) is 0. The van der Waals surface area contributed by atoms with Gasteiger partial charge < -0.3 is 65.1 Å². The molecule has 0 radical (unpaired) electrons. The average Bonchev–Trinajstić information content (AvgIpc) is 3.05. The number of carboxylic acid groups (broad SMARTS) is 1. The minimum atomic E-state index is -2.82. The molecule has 2 rings (SSSR count). The molecule has 15 nitrogen and oxygen atoms in total. The monoisotopic (exact) mass is 695 g/mol. The smallest absolute Gasteiger partial charge is 0.364 e. The van der Waals surface area contributed by atoms with E-state index in [9.17, 15) is 50.4 Å². The lowest BCUT2D eigenvalue weighted by molar-refractivity contribution is -0.369. The Morgan fingerprint density at radius 2 is 1.42 bits per heavy atom. The maximum Gasteiger partial charge on any atom is 0.364 e. The van der Waals surface area contributed by atoms with Crippen molar-refractivity contribution in [2.75, 3.05) is 19.8 Å². The van der Waals surface area contributed by atoms with Crippen molar-refractivity contribution in [3.8, 4) is 0 Å². The van der Waals surface area contributed by atoms with Crippen LogP contribution < -0.4 is 5.32 Å². The van der Waals surface area contributed by atoms with Gasteiger partial charge in [0.1, 0.15) is 42.7 Å². The number of carboxylic acids is 1. The van der Waals surface area contributed by atoms with E-state index in [4.69, 9.17) is 18.9 Å². The molecule has 2 fully saturated rings. The van der Waals surface area contributed by atoms with Crippen LogP contribution in [0, 0.1) is 0 Å². The zero-order valence-corrected chi connectivity index (χ0v) is 28.5. The summed E-state index contributed by atoms with van der Waals surface area (Å²) >= 11 is 0. The molecule has 15 heteroatoms. The van der Waals surface area contributed by atoms with Gasteiger partial charge in [0.05, 0.1) is 25.4 Å². The van der Waals surface area contributed by atoms with E-state index in [0.717, 1.165) is 26.2 Å². The molecule has 11 atom stereocenters. The Labute approximate surface area is 283 Å². The maximum atomic E-state index is 12.6. The highest BCUT2D eigenvalue weighted by Crippen LogP contribution is 2.37. The number of carbonyl (C=O) groups excluding carboxylic acids is 1. The number of carbonyl (C=O) groups is 2. The van der Waals surface area contributed by atoms with Crippen LogP contribution >= 0.6 is 0 Å². The van der Waals surface area contributed by atoms with Crippen LogP contribution in [0.15, 0.2) is 0 Å². The predicted octanol–water partition coefficient (Wildman–Crippen LogP) is 0.458. The third-order valence-electron chi connectivity index (χ3n) is 9.11. The zero-order chi connectivity index (χ0) is 35.7. The molecule has 0 aliphatic carbocycles. The lowest BCUT2D eigenvalue weighted by Gasteiger charge is -2.50. The Morgan fingerprint density at radius 3 is 1.90 bits per heavy atom. The number of amides is 1. The van der Waals surface area contributed by atoms with Crippen LogP contribution in [-0.4, -0.2) is 140 Å². The third kappa shape index (κ3) is 13.0. The van der Waals surface area contributed by atoms with E-state index < -0.39 is 98.5 Å². The summed E-state index contributed by atoms with van der Waals surface area (Å²) in [6.45, 7) is 1.81. The van der Waals surface area contributed by atoms with Crippen LogP contribution in [0.3, 0.4) is 0 Å². The van der Waals surface area contributed by atoms with E-state index in [-0.39, 0.29) is 6.61 Å². The number of hydrogen-bond acceptors (Lipinski definition) is 13. The first-order valence-electron chi connectivity index (χ1n) is 17.7. The Hall–Kier alpha value is -1.50. The minimum absolute atomic E-state index is 0.172. The molecule has 0 aromatic rings. The van der Waals surface area contributed by atoms with E-state index in [1.807, 2.05) is 0 Å². The number of hydrogen-bond donors (Lipinski definition) is 9. The normalized spacial score (nSPS) is 32.1. The van der Waals surface area contributed by atoms with Gasteiger partial charge in [0.25, 0.3) is 5.79 Å². The average molecular weight is 696 g/mol. The van der Waals surface area contributed by atoms with Crippen molar-refractivity contribution in [3.63, 3.8) is 0 Å². The standard InChI is InChI=1S/C33H61NO14/c1-3-4-5-6-7-8-9-10-11-12-13-14-15-16-17-45-31-28(42)30(27(41)24(20-36)46-31)48-33(32(43)44)18-22(38)25(34-21(2)37)29(47-33)26(40)23(39)19-35/h22-31,35-36,38-42H,3-20H2,1-2H3,(H,34,37)(H,43,44)/t22-,23+,24+,25+,26+,27-,28+,29+,30-,31+,33-/m0/s1. The predicted molar refractivity (Wildman–Crippen MR) is 171 cm³/mol. The van der Waals surface area contributed by atoms with E-state index in [1.165, 1.54) is 64.2 Å². The second kappa shape index (κ2) is 22.3. The molecule has 0 bridgehead atoms. The van der Waals surface area contributed by atoms with Crippen molar-refractivity contribution in [2.24, 2.45) is 0 Å². The van der Waals surface area contributed by atoms with Crippen LogP contribution in [0.25, 0.3) is 0 Å². The second-order valence-electron chi connectivity index (χ2n) is 13.1. The summed E-state index contributed by atoms with van der Waals surface area (Å²) in [6.07, 6.45) is 0.131. The van der Waals surface area contributed by atoms with E-state index in [1.54, 1.807) is 0 Å². The molecule has 0 saturated carbocycles. The summed E-state index contributed by atoms with van der Waals surface area (Å²) < 4.78 is 22.6. The zero-order valence-electron chi connectivity index (χ0n) is 28.5. The fourth-order valence-corrected chi connectivity index (χ4v) is 6.29. The maximum absolute atomic E-state index is 12.6. The van der Waals surface area contributed by atoms with Gasteiger partial charge in [-0.05, 0) is 6.42 Å². The second-order valence-corrected chi connectivity index (χ2v) is 13.1. The molecular weight excluding hydrogens is 634 g/mol. The van der Waals surface area contributed by atoms with Gasteiger partial charge >= 0.3 is 5.97 Å². The van der Waals surface area contributed by atoms with Crippen molar-refractivity contribution in [1.29, 1.82) is 0 Å². The quantitative estimate of drug-likeness (QED) is 0.0623. The molecule has 48 heavy (non-hydrogen) atoms. The number of aliphatic hydroxyl groups excluding tert-OH is 7.